The number of thioether (sulfide) groups is 1. The third kappa shape index (κ3) is 3.33. The van der Waals surface area contributed by atoms with Gasteiger partial charge >= 0.3 is 0 Å². The van der Waals surface area contributed by atoms with Gasteiger partial charge in [0.1, 0.15) is 5.82 Å². The van der Waals surface area contributed by atoms with E-state index >= 15 is 0 Å². The third-order valence-electron chi connectivity index (χ3n) is 2.61. The molecule has 2 N–H and O–H groups in total. The summed E-state index contributed by atoms with van der Waals surface area (Å²) < 4.78 is 4.15. The number of aromatic nitrogens is 5. The summed E-state index contributed by atoms with van der Waals surface area (Å²) in [4.78, 5) is 4.02. The van der Waals surface area contributed by atoms with Crippen LogP contribution in [0.5, 0.6) is 0 Å². The van der Waals surface area contributed by atoms with Gasteiger partial charge in [0.25, 0.3) is 0 Å². The van der Waals surface area contributed by atoms with Crippen LogP contribution in [0.1, 0.15) is 12.2 Å². The van der Waals surface area contributed by atoms with E-state index in [1.807, 2.05) is 19.4 Å². The van der Waals surface area contributed by atoms with Gasteiger partial charge in [0.15, 0.2) is 5.16 Å². The van der Waals surface area contributed by atoms with E-state index in [4.69, 9.17) is 5.73 Å². The van der Waals surface area contributed by atoms with Crippen molar-refractivity contribution in [2.45, 2.75) is 31.6 Å². The van der Waals surface area contributed by atoms with Crippen molar-refractivity contribution in [2.24, 2.45) is 5.73 Å². The molecule has 2 aromatic rings. The molecule has 0 fully saturated rings. The van der Waals surface area contributed by atoms with Crippen LogP contribution in [0.2, 0.25) is 0 Å². The number of nitrogens with two attached hydrogens (primary N) is 1. The van der Waals surface area contributed by atoms with Crippen LogP contribution in [-0.2, 0) is 13.1 Å². The van der Waals surface area contributed by atoms with Gasteiger partial charge in [-0.15, -0.1) is 10.2 Å². The molecule has 18 heavy (non-hydrogen) atoms. The maximum Gasteiger partial charge on any atom is 0.191 e. The smallest absolute Gasteiger partial charge is 0.191 e. The fraction of sp³-hybridized carbons (Fsp3) is 0.545. The Balaban J connectivity index is 1.79. The lowest BCUT2D eigenvalue weighted by atomic mass is 10.5. The quantitative estimate of drug-likeness (QED) is 0.596. The molecule has 98 valence electrons. The Morgan fingerprint density at radius 2 is 2.22 bits per heavy atom. The van der Waals surface area contributed by atoms with Gasteiger partial charge in [0.05, 0.1) is 6.33 Å². The molecule has 0 aliphatic rings. The molecule has 0 aromatic carbocycles. The first-order valence-corrected chi connectivity index (χ1v) is 6.98. The van der Waals surface area contributed by atoms with Gasteiger partial charge in [0, 0.05) is 37.8 Å². The summed E-state index contributed by atoms with van der Waals surface area (Å²) in [7, 11) is 0. The van der Waals surface area contributed by atoms with Crippen molar-refractivity contribution in [2.75, 3.05) is 12.3 Å². The van der Waals surface area contributed by atoms with Gasteiger partial charge in [-0.05, 0) is 13.3 Å². The largest absolute Gasteiger partial charge is 0.337 e. The molecule has 0 aliphatic heterocycles. The van der Waals surface area contributed by atoms with E-state index in [9.17, 15) is 0 Å². The molecule has 7 heteroatoms. The van der Waals surface area contributed by atoms with Gasteiger partial charge in [-0.1, -0.05) is 11.8 Å². The van der Waals surface area contributed by atoms with Crippen LogP contribution in [0, 0.1) is 6.92 Å². The molecule has 0 aliphatic carbocycles. The van der Waals surface area contributed by atoms with E-state index in [0.717, 1.165) is 36.2 Å². The number of imidazole rings is 1. The number of rotatable bonds is 7. The molecule has 2 heterocycles. The Labute approximate surface area is 111 Å². The second kappa shape index (κ2) is 6.55. The monoisotopic (exact) mass is 266 g/mol. The first kappa shape index (κ1) is 13.1. The van der Waals surface area contributed by atoms with Crippen LogP contribution in [-0.4, -0.2) is 36.6 Å². The molecule has 0 spiro atoms. The third-order valence-corrected chi connectivity index (χ3v) is 3.66. The maximum absolute atomic E-state index is 5.58. The fourth-order valence-corrected chi connectivity index (χ4v) is 2.62. The summed E-state index contributed by atoms with van der Waals surface area (Å²) in [6.07, 6.45) is 6.70. The van der Waals surface area contributed by atoms with E-state index in [1.54, 1.807) is 18.0 Å². The predicted octanol–water partition coefficient (Wildman–Crippen LogP) is 0.924. The van der Waals surface area contributed by atoms with Gasteiger partial charge in [0.2, 0.25) is 0 Å². The number of aryl methyl sites for hydroxylation is 2. The SMILES string of the molecule is Cc1nnc(SCCCn2ccnc2)n1CCN. The molecule has 0 unspecified atom stereocenters. The Morgan fingerprint density at radius 1 is 1.33 bits per heavy atom. The summed E-state index contributed by atoms with van der Waals surface area (Å²) in [5.41, 5.74) is 5.58. The highest BCUT2D eigenvalue weighted by molar-refractivity contribution is 7.99. The van der Waals surface area contributed by atoms with E-state index in [2.05, 4.69) is 24.3 Å². The standard InChI is InChI=1S/C11H18N6S/c1-10-14-15-11(17(10)6-3-12)18-8-2-5-16-7-4-13-9-16/h4,7,9H,2-3,5-6,8,12H2,1H3. The van der Waals surface area contributed by atoms with Crippen molar-refractivity contribution in [3.05, 3.63) is 24.5 Å². The minimum Gasteiger partial charge on any atom is -0.337 e. The number of hydrogen-bond acceptors (Lipinski definition) is 5. The highest BCUT2D eigenvalue weighted by atomic mass is 32.2. The van der Waals surface area contributed by atoms with Crippen LogP contribution in [0.25, 0.3) is 0 Å². The average Bonchev–Trinajstić information content (AvgIpc) is 2.98. The molecule has 0 radical (unpaired) electrons. The summed E-state index contributed by atoms with van der Waals surface area (Å²) in [6.45, 7) is 4.33. The second-order valence-electron chi connectivity index (χ2n) is 3.97. The normalized spacial score (nSPS) is 11.0. The number of nitrogens with zero attached hydrogens (tertiary/aromatic N) is 5. The minimum absolute atomic E-state index is 0.613. The van der Waals surface area contributed by atoms with E-state index in [1.165, 1.54) is 0 Å². The molecule has 0 saturated carbocycles. The maximum atomic E-state index is 5.58. The first-order chi connectivity index (χ1) is 8.81. The van der Waals surface area contributed by atoms with Crippen molar-refractivity contribution in [1.29, 1.82) is 0 Å². The van der Waals surface area contributed by atoms with Crippen LogP contribution < -0.4 is 5.73 Å². The average molecular weight is 266 g/mol. The van der Waals surface area contributed by atoms with Crippen molar-refractivity contribution >= 4 is 11.8 Å². The first-order valence-electron chi connectivity index (χ1n) is 5.99. The molecule has 0 atom stereocenters. The molecule has 2 rings (SSSR count). The Kier molecular flexibility index (Phi) is 4.77. The topological polar surface area (TPSA) is 74.5 Å². The number of hydrogen-bond donors (Lipinski definition) is 1. The lowest BCUT2D eigenvalue weighted by molar-refractivity contribution is 0.626. The van der Waals surface area contributed by atoms with E-state index < -0.39 is 0 Å². The molecule has 0 bridgehead atoms. The molecular formula is C11H18N6S. The molecule has 0 amide bonds. The summed E-state index contributed by atoms with van der Waals surface area (Å²) in [5.74, 6) is 1.94. The molecule has 6 nitrogen and oxygen atoms in total. The highest BCUT2D eigenvalue weighted by Crippen LogP contribution is 2.17. The van der Waals surface area contributed by atoms with Gasteiger partial charge in [-0.3, -0.25) is 0 Å². The zero-order valence-electron chi connectivity index (χ0n) is 10.5. The summed E-state index contributed by atoms with van der Waals surface area (Å²) >= 11 is 1.73. The molecule has 2 aromatic heterocycles. The van der Waals surface area contributed by atoms with Crippen molar-refractivity contribution in [3.8, 4) is 0 Å². The summed E-state index contributed by atoms with van der Waals surface area (Å²) in [5, 5.41) is 9.22. The molecular weight excluding hydrogens is 248 g/mol. The zero-order valence-corrected chi connectivity index (χ0v) is 11.3. The van der Waals surface area contributed by atoms with Gasteiger partial charge in [-0.2, -0.15) is 0 Å². The van der Waals surface area contributed by atoms with Gasteiger partial charge in [-0.25, -0.2) is 4.98 Å². The zero-order chi connectivity index (χ0) is 12.8. The van der Waals surface area contributed by atoms with Crippen molar-refractivity contribution in [1.82, 2.24) is 24.3 Å². The highest BCUT2D eigenvalue weighted by Gasteiger charge is 2.07. The second-order valence-corrected chi connectivity index (χ2v) is 5.03. The van der Waals surface area contributed by atoms with Crippen molar-refractivity contribution < 1.29 is 0 Å². The Bertz CT molecular complexity index is 464. The minimum atomic E-state index is 0.613. The Hall–Kier alpha value is -1.34. The predicted molar refractivity (Wildman–Crippen MR) is 71.4 cm³/mol. The molecule has 0 saturated heterocycles. The van der Waals surface area contributed by atoms with E-state index in [0.29, 0.717) is 6.54 Å². The summed E-state index contributed by atoms with van der Waals surface area (Å²) in [6, 6.07) is 0. The van der Waals surface area contributed by atoms with Crippen LogP contribution in [0.15, 0.2) is 23.9 Å². The van der Waals surface area contributed by atoms with Crippen LogP contribution in [0.3, 0.4) is 0 Å². The van der Waals surface area contributed by atoms with Crippen LogP contribution in [0.4, 0.5) is 0 Å². The van der Waals surface area contributed by atoms with Gasteiger partial charge < -0.3 is 14.9 Å². The van der Waals surface area contributed by atoms with Crippen molar-refractivity contribution in [3.63, 3.8) is 0 Å². The fourth-order valence-electron chi connectivity index (χ4n) is 1.68. The lowest BCUT2D eigenvalue weighted by Crippen LogP contribution is -2.12. The Morgan fingerprint density at radius 3 is 2.94 bits per heavy atom. The van der Waals surface area contributed by atoms with E-state index in [-0.39, 0.29) is 0 Å². The van der Waals surface area contributed by atoms with Crippen LogP contribution >= 0.6 is 11.8 Å². The lowest BCUT2D eigenvalue weighted by Gasteiger charge is -2.06.